The van der Waals surface area contributed by atoms with Crippen molar-refractivity contribution in [3.8, 4) is 0 Å². The van der Waals surface area contributed by atoms with Gasteiger partial charge in [-0.3, -0.25) is 14.6 Å². The molecule has 1 unspecified atom stereocenters. The quantitative estimate of drug-likeness (QED) is 0.658. The molecular formula is C23H22N2O3. The topological polar surface area (TPSA) is 68.3 Å². The molecule has 1 fully saturated rings. The third kappa shape index (κ3) is 3.88. The molecule has 3 aromatic rings. The summed E-state index contributed by atoms with van der Waals surface area (Å²) in [5.74, 6) is -0.137. The number of aromatic nitrogens is 1. The van der Waals surface area contributed by atoms with Gasteiger partial charge in [-0.2, -0.15) is 0 Å². The Morgan fingerprint density at radius 3 is 2.54 bits per heavy atom. The number of nitrogens with one attached hydrogen (secondary N) is 1. The van der Waals surface area contributed by atoms with Crippen LogP contribution in [0, 0.1) is 0 Å². The van der Waals surface area contributed by atoms with Gasteiger partial charge in [-0.1, -0.05) is 48.5 Å². The van der Waals surface area contributed by atoms with Crippen LogP contribution < -0.4 is 5.32 Å². The van der Waals surface area contributed by atoms with Crippen LogP contribution in [0.3, 0.4) is 0 Å². The molecular weight excluding hydrogens is 352 g/mol. The number of rotatable bonds is 6. The maximum Gasteiger partial charge on any atom is 0.307 e. The largest absolute Gasteiger partial charge is 0.469 e. The van der Waals surface area contributed by atoms with Gasteiger partial charge in [0.15, 0.2) is 0 Å². The molecule has 4 rings (SSSR count). The molecule has 1 aromatic heterocycles. The van der Waals surface area contributed by atoms with Crippen molar-refractivity contribution in [2.24, 2.45) is 0 Å². The van der Waals surface area contributed by atoms with Gasteiger partial charge in [0.25, 0.3) is 5.91 Å². The van der Waals surface area contributed by atoms with Gasteiger partial charge in [0.2, 0.25) is 0 Å². The molecule has 1 amide bonds. The number of carbonyl (C=O) groups is 2. The van der Waals surface area contributed by atoms with Crippen molar-refractivity contribution in [1.29, 1.82) is 0 Å². The maximum atomic E-state index is 13.2. The SMILES string of the molecule is COC(=O)CC(NC(=O)c1cc(C2CC2)nc2ccccc12)c1ccccc1. The Labute approximate surface area is 163 Å². The van der Waals surface area contributed by atoms with Gasteiger partial charge >= 0.3 is 5.97 Å². The van der Waals surface area contributed by atoms with Crippen LogP contribution in [-0.4, -0.2) is 24.0 Å². The van der Waals surface area contributed by atoms with Gasteiger partial charge in [0, 0.05) is 17.0 Å². The summed E-state index contributed by atoms with van der Waals surface area (Å²) < 4.78 is 4.82. The first kappa shape index (κ1) is 18.2. The van der Waals surface area contributed by atoms with Crippen LogP contribution in [0.2, 0.25) is 0 Å². The van der Waals surface area contributed by atoms with Crippen molar-refractivity contribution < 1.29 is 14.3 Å². The van der Waals surface area contributed by atoms with Crippen molar-refractivity contribution in [3.05, 3.63) is 77.5 Å². The van der Waals surface area contributed by atoms with Gasteiger partial charge in [-0.15, -0.1) is 0 Å². The van der Waals surface area contributed by atoms with Gasteiger partial charge < -0.3 is 10.1 Å². The molecule has 5 nitrogen and oxygen atoms in total. The van der Waals surface area contributed by atoms with Gasteiger partial charge in [0.1, 0.15) is 0 Å². The standard InChI is InChI=1S/C23H22N2O3/c1-28-22(26)14-21(15-7-3-2-4-8-15)25-23(27)18-13-20(16-11-12-16)24-19-10-6-5-9-17(18)19/h2-10,13,16,21H,11-12,14H2,1H3,(H,25,27). The molecule has 0 saturated heterocycles. The predicted octanol–water partition coefficient (Wildman–Crippen LogP) is 4.15. The highest BCUT2D eigenvalue weighted by Gasteiger charge is 2.27. The molecule has 1 heterocycles. The third-order valence-corrected chi connectivity index (χ3v) is 5.08. The molecule has 0 bridgehead atoms. The van der Waals surface area contributed by atoms with Gasteiger partial charge in [-0.05, 0) is 30.5 Å². The van der Waals surface area contributed by atoms with Crippen LogP contribution >= 0.6 is 0 Å². The van der Waals surface area contributed by atoms with Crippen molar-refractivity contribution in [3.63, 3.8) is 0 Å². The first-order chi connectivity index (χ1) is 13.7. The van der Waals surface area contributed by atoms with E-state index in [0.717, 1.165) is 35.0 Å². The molecule has 0 aliphatic heterocycles. The van der Waals surface area contributed by atoms with Crippen LogP contribution in [0.1, 0.15) is 52.8 Å². The summed E-state index contributed by atoms with van der Waals surface area (Å²) in [6.45, 7) is 0. The van der Waals surface area contributed by atoms with Crippen LogP contribution in [-0.2, 0) is 9.53 Å². The molecule has 1 aliphatic rings. The lowest BCUT2D eigenvalue weighted by molar-refractivity contribution is -0.141. The molecule has 5 heteroatoms. The molecule has 0 spiro atoms. The monoisotopic (exact) mass is 374 g/mol. The molecule has 1 saturated carbocycles. The second-order valence-electron chi connectivity index (χ2n) is 7.10. The Morgan fingerprint density at radius 1 is 1.11 bits per heavy atom. The Balaban J connectivity index is 1.68. The lowest BCUT2D eigenvalue weighted by atomic mass is 10.0. The van der Waals surface area contributed by atoms with E-state index in [0.29, 0.717) is 11.5 Å². The fraction of sp³-hybridized carbons (Fsp3) is 0.261. The molecule has 28 heavy (non-hydrogen) atoms. The summed E-state index contributed by atoms with van der Waals surface area (Å²) in [6.07, 6.45) is 2.30. The lowest BCUT2D eigenvalue weighted by Crippen LogP contribution is -2.30. The minimum absolute atomic E-state index is 0.0742. The zero-order chi connectivity index (χ0) is 19.5. The summed E-state index contributed by atoms with van der Waals surface area (Å²) >= 11 is 0. The van der Waals surface area contributed by atoms with E-state index in [1.165, 1.54) is 7.11 Å². The van der Waals surface area contributed by atoms with E-state index in [4.69, 9.17) is 9.72 Å². The minimum atomic E-state index is -0.461. The molecule has 1 N–H and O–H groups in total. The number of amides is 1. The van der Waals surface area contributed by atoms with E-state index < -0.39 is 6.04 Å². The normalized spacial score (nSPS) is 14.5. The summed E-state index contributed by atoms with van der Waals surface area (Å²) in [4.78, 5) is 29.8. The highest BCUT2D eigenvalue weighted by molar-refractivity contribution is 6.06. The smallest absolute Gasteiger partial charge is 0.307 e. The van der Waals surface area contributed by atoms with Crippen molar-refractivity contribution in [2.75, 3.05) is 7.11 Å². The fourth-order valence-electron chi connectivity index (χ4n) is 3.40. The number of nitrogens with zero attached hydrogens (tertiary/aromatic N) is 1. The number of pyridine rings is 1. The summed E-state index contributed by atoms with van der Waals surface area (Å²) in [5, 5.41) is 3.84. The van der Waals surface area contributed by atoms with Crippen molar-refractivity contribution in [1.82, 2.24) is 10.3 Å². The lowest BCUT2D eigenvalue weighted by Gasteiger charge is -2.19. The molecule has 0 radical (unpaired) electrons. The number of hydrogen-bond donors (Lipinski definition) is 1. The highest BCUT2D eigenvalue weighted by Crippen LogP contribution is 2.40. The number of methoxy groups -OCH3 is 1. The highest BCUT2D eigenvalue weighted by atomic mass is 16.5. The van der Waals surface area contributed by atoms with Crippen LogP contribution in [0.5, 0.6) is 0 Å². The summed E-state index contributed by atoms with van der Waals surface area (Å²) in [5.41, 5.74) is 3.25. The average molecular weight is 374 g/mol. The van der Waals surface area contributed by atoms with E-state index in [1.54, 1.807) is 0 Å². The van der Waals surface area contributed by atoms with Crippen molar-refractivity contribution in [2.45, 2.75) is 31.2 Å². The maximum absolute atomic E-state index is 13.2. The zero-order valence-corrected chi connectivity index (χ0v) is 15.7. The number of fused-ring (bicyclic) bond motifs is 1. The van der Waals surface area contributed by atoms with Crippen LogP contribution in [0.15, 0.2) is 60.7 Å². The number of benzene rings is 2. The number of ether oxygens (including phenoxy) is 1. The third-order valence-electron chi connectivity index (χ3n) is 5.08. The molecule has 1 aliphatic carbocycles. The molecule has 1 atom stereocenters. The summed E-state index contributed by atoms with van der Waals surface area (Å²) in [6, 6.07) is 18.6. The predicted molar refractivity (Wildman–Crippen MR) is 107 cm³/mol. The Hall–Kier alpha value is -3.21. The van der Waals surface area contributed by atoms with Crippen LogP contribution in [0.4, 0.5) is 0 Å². The Bertz CT molecular complexity index is 1010. The Morgan fingerprint density at radius 2 is 1.82 bits per heavy atom. The number of para-hydroxylation sites is 1. The average Bonchev–Trinajstić information content (AvgIpc) is 3.58. The molecule has 142 valence electrons. The van der Waals surface area contributed by atoms with E-state index >= 15 is 0 Å². The first-order valence-electron chi connectivity index (χ1n) is 9.48. The number of hydrogen-bond acceptors (Lipinski definition) is 4. The second kappa shape index (κ2) is 7.80. The minimum Gasteiger partial charge on any atom is -0.469 e. The zero-order valence-electron chi connectivity index (χ0n) is 15.7. The van der Waals surface area contributed by atoms with E-state index in [1.807, 2.05) is 60.7 Å². The number of esters is 1. The van der Waals surface area contributed by atoms with Crippen molar-refractivity contribution >= 4 is 22.8 Å². The van der Waals surface area contributed by atoms with Gasteiger partial charge in [0.05, 0.1) is 30.7 Å². The first-order valence-corrected chi connectivity index (χ1v) is 9.48. The van der Waals surface area contributed by atoms with E-state index in [9.17, 15) is 9.59 Å². The van der Waals surface area contributed by atoms with Crippen LogP contribution in [0.25, 0.3) is 10.9 Å². The van der Waals surface area contributed by atoms with E-state index in [-0.39, 0.29) is 18.3 Å². The van der Waals surface area contributed by atoms with Gasteiger partial charge in [-0.25, -0.2) is 0 Å². The molecule has 2 aromatic carbocycles. The number of carbonyl (C=O) groups excluding carboxylic acids is 2. The second-order valence-corrected chi connectivity index (χ2v) is 7.10. The Kier molecular flexibility index (Phi) is 5.06. The fourth-order valence-corrected chi connectivity index (χ4v) is 3.40. The van der Waals surface area contributed by atoms with E-state index in [2.05, 4.69) is 5.32 Å². The summed E-state index contributed by atoms with van der Waals surface area (Å²) in [7, 11) is 1.35.